The van der Waals surface area contributed by atoms with Crippen molar-refractivity contribution in [2.75, 3.05) is 6.61 Å². The lowest BCUT2D eigenvalue weighted by Gasteiger charge is -2.66. The summed E-state index contributed by atoms with van der Waals surface area (Å²) in [7, 11) is 0. The third-order valence-corrected chi connectivity index (χ3v) is 13.0. The van der Waals surface area contributed by atoms with Crippen LogP contribution in [0.4, 0.5) is 0 Å². The van der Waals surface area contributed by atoms with Gasteiger partial charge in [-0.3, -0.25) is 9.98 Å². The Bertz CT molecular complexity index is 1330. The number of rotatable bonds is 6. The van der Waals surface area contributed by atoms with Gasteiger partial charge in [0.2, 0.25) is 0 Å². The van der Waals surface area contributed by atoms with E-state index < -0.39 is 41.2 Å². The molecule has 0 bridgehead atoms. The van der Waals surface area contributed by atoms with Crippen molar-refractivity contribution >= 4 is 12.2 Å². The van der Waals surface area contributed by atoms with Gasteiger partial charge in [-0.25, -0.2) is 4.79 Å². The zero-order valence-corrected chi connectivity index (χ0v) is 26.4. The van der Waals surface area contributed by atoms with Gasteiger partial charge in [0.1, 0.15) is 12.7 Å². The molecule has 246 valence electrons. The van der Waals surface area contributed by atoms with E-state index >= 15 is 0 Å². The first-order chi connectivity index (χ1) is 21.5. The topological polar surface area (TPSA) is 151 Å². The van der Waals surface area contributed by atoms with Gasteiger partial charge in [-0.1, -0.05) is 6.92 Å². The minimum Gasteiger partial charge on any atom is -0.458 e. The van der Waals surface area contributed by atoms with Crippen molar-refractivity contribution in [1.82, 2.24) is 4.98 Å². The number of aliphatic hydroxyl groups excluding tert-OH is 2. The molecule has 7 rings (SSSR count). The van der Waals surface area contributed by atoms with Crippen molar-refractivity contribution in [3.8, 4) is 0 Å². The molecule has 10 heteroatoms. The zero-order chi connectivity index (χ0) is 31.6. The van der Waals surface area contributed by atoms with E-state index in [0.717, 1.165) is 30.4 Å². The summed E-state index contributed by atoms with van der Waals surface area (Å²) in [6, 6.07) is 3.90. The molecule has 4 N–H and O–H groups in total. The van der Waals surface area contributed by atoms with E-state index in [-0.39, 0.29) is 41.7 Å². The van der Waals surface area contributed by atoms with Crippen molar-refractivity contribution in [1.29, 1.82) is 0 Å². The Hall–Kier alpha value is -2.21. The number of aliphatic hydroxyl groups is 4. The highest BCUT2D eigenvalue weighted by Gasteiger charge is 2.71. The Morgan fingerprint density at radius 3 is 2.58 bits per heavy atom. The number of pyridine rings is 1. The quantitative estimate of drug-likeness (QED) is 0.212. The van der Waals surface area contributed by atoms with Crippen LogP contribution in [-0.4, -0.2) is 86.1 Å². The van der Waals surface area contributed by atoms with Gasteiger partial charge in [0.15, 0.2) is 6.29 Å². The number of aromatic nitrogens is 1. The number of hydrogen-bond donors (Lipinski definition) is 4. The predicted octanol–water partition coefficient (Wildman–Crippen LogP) is 3.25. The second kappa shape index (κ2) is 11.5. The molecular formula is C35H48N2O8. The third kappa shape index (κ3) is 5.02. The predicted molar refractivity (Wildman–Crippen MR) is 164 cm³/mol. The monoisotopic (exact) mass is 624 g/mol. The number of carbonyl (C=O) groups excluding carboxylic acids is 1. The van der Waals surface area contributed by atoms with Gasteiger partial charge in [-0.05, 0) is 99.3 Å². The van der Waals surface area contributed by atoms with Crippen molar-refractivity contribution in [2.24, 2.45) is 33.6 Å². The average Bonchev–Trinajstić information content (AvgIpc) is 3.56. The SMILES string of the molecule is C[C@H]1O[C@@H](O[C@@H]2CC[C@]3(C=NCc4ccncc4)[C@H]4CC[C@]5(C)[C@@H](C6=CC(=O)OC6)CC[C@@]5(O)[C@@H]4CC[C@]3(O)C2)C[C@@H](O)[C@@H]1O. The molecular weight excluding hydrogens is 576 g/mol. The summed E-state index contributed by atoms with van der Waals surface area (Å²) in [5.74, 6) is -0.164. The van der Waals surface area contributed by atoms with E-state index in [4.69, 9.17) is 19.2 Å². The first-order valence-corrected chi connectivity index (χ1v) is 16.9. The lowest BCUT2D eigenvalue weighted by molar-refractivity contribution is -0.282. The van der Waals surface area contributed by atoms with Crippen molar-refractivity contribution in [2.45, 2.75) is 127 Å². The first kappa shape index (κ1) is 31.4. The molecule has 0 amide bonds. The molecule has 0 radical (unpaired) electrons. The highest BCUT2D eigenvalue weighted by molar-refractivity contribution is 5.85. The minimum absolute atomic E-state index is 0.0100. The second-order valence-electron chi connectivity index (χ2n) is 15.0. The number of nitrogens with zero attached hydrogens (tertiary/aromatic N) is 2. The summed E-state index contributed by atoms with van der Waals surface area (Å²) < 4.78 is 17.5. The van der Waals surface area contributed by atoms with Crippen LogP contribution in [0.3, 0.4) is 0 Å². The molecule has 1 aromatic rings. The standard InChI is InChI=1S/C35H48N2O8/c1-21-31(40)28(38)16-30(44-21)45-24-3-10-33(20-37-18-22-7-13-36-14-8-22)26-4-9-32(2)25(23-15-29(39)43-19-23)6-12-35(32,42)27(26)5-11-34(33,41)17-24/h7-8,13-15,20-21,24-28,30-31,38,40-42H,3-6,9-12,16-19H2,1-2H3/t21-,24-,25-,26+,27-,28-,30+,31-,32-,33+,34+,35-/m1/s1. The van der Waals surface area contributed by atoms with Crippen LogP contribution in [0.2, 0.25) is 0 Å². The van der Waals surface area contributed by atoms with Crippen molar-refractivity contribution in [3.05, 3.63) is 41.7 Å². The normalized spacial score (nSPS) is 48.0. The fourth-order valence-electron chi connectivity index (χ4n) is 10.6. The van der Waals surface area contributed by atoms with Crippen molar-refractivity contribution in [3.63, 3.8) is 0 Å². The van der Waals surface area contributed by atoms with E-state index in [2.05, 4.69) is 11.9 Å². The fraction of sp³-hybridized carbons (Fsp3) is 0.743. The number of ether oxygens (including phenoxy) is 3. The summed E-state index contributed by atoms with van der Waals surface area (Å²) >= 11 is 0. The molecule has 6 aliphatic rings. The lowest BCUT2D eigenvalue weighted by atomic mass is 9.41. The Morgan fingerprint density at radius 1 is 1.07 bits per heavy atom. The molecule has 5 fully saturated rings. The van der Waals surface area contributed by atoms with E-state index in [1.807, 2.05) is 18.3 Å². The number of hydrogen-bond acceptors (Lipinski definition) is 10. The van der Waals surface area contributed by atoms with Gasteiger partial charge < -0.3 is 34.6 Å². The van der Waals surface area contributed by atoms with E-state index in [9.17, 15) is 25.2 Å². The van der Waals surface area contributed by atoms with Crippen LogP contribution in [0.15, 0.2) is 41.2 Å². The molecule has 0 aromatic carbocycles. The maximum Gasteiger partial charge on any atom is 0.331 e. The van der Waals surface area contributed by atoms with Crippen LogP contribution in [0.1, 0.15) is 83.6 Å². The Morgan fingerprint density at radius 2 is 1.84 bits per heavy atom. The van der Waals surface area contributed by atoms with Gasteiger partial charge in [0.05, 0.1) is 36.1 Å². The van der Waals surface area contributed by atoms with Gasteiger partial charge in [0, 0.05) is 48.4 Å². The maximum atomic E-state index is 12.7. The van der Waals surface area contributed by atoms with Crippen LogP contribution in [-0.2, 0) is 25.5 Å². The molecule has 12 atom stereocenters. The van der Waals surface area contributed by atoms with E-state index in [0.29, 0.717) is 51.7 Å². The molecule has 1 aromatic heterocycles. The largest absolute Gasteiger partial charge is 0.458 e. The summed E-state index contributed by atoms with van der Waals surface area (Å²) in [6.45, 7) is 4.73. The van der Waals surface area contributed by atoms with Crippen molar-refractivity contribution < 1.29 is 39.4 Å². The van der Waals surface area contributed by atoms with Gasteiger partial charge in [0.25, 0.3) is 0 Å². The zero-order valence-electron chi connectivity index (χ0n) is 26.4. The lowest BCUT2D eigenvalue weighted by Crippen LogP contribution is -2.69. The van der Waals surface area contributed by atoms with Crippen LogP contribution < -0.4 is 0 Å². The molecule has 4 saturated carbocycles. The van der Waals surface area contributed by atoms with Crippen LogP contribution in [0.25, 0.3) is 0 Å². The Kier molecular flexibility index (Phi) is 8.02. The number of esters is 1. The molecule has 0 spiro atoms. The Labute approximate surface area is 264 Å². The Balaban J connectivity index is 1.17. The highest BCUT2D eigenvalue weighted by Crippen LogP contribution is 2.70. The fourth-order valence-corrected chi connectivity index (χ4v) is 10.6. The number of carbonyl (C=O) groups is 1. The van der Waals surface area contributed by atoms with E-state index in [1.165, 1.54) is 0 Å². The summed E-state index contributed by atoms with van der Waals surface area (Å²) in [6.07, 6.45) is 10.2. The first-order valence-electron chi connectivity index (χ1n) is 16.9. The highest BCUT2D eigenvalue weighted by atomic mass is 16.7. The summed E-state index contributed by atoms with van der Waals surface area (Å²) in [4.78, 5) is 21.1. The van der Waals surface area contributed by atoms with Crippen LogP contribution in [0.5, 0.6) is 0 Å². The van der Waals surface area contributed by atoms with E-state index in [1.54, 1.807) is 25.4 Å². The van der Waals surface area contributed by atoms with Gasteiger partial charge in [-0.15, -0.1) is 0 Å². The third-order valence-electron chi connectivity index (χ3n) is 13.0. The average molecular weight is 625 g/mol. The molecule has 4 aliphatic carbocycles. The smallest absolute Gasteiger partial charge is 0.331 e. The number of aliphatic imine (C=N–C) groups is 1. The summed E-state index contributed by atoms with van der Waals surface area (Å²) in [5, 5.41) is 45.9. The molecule has 1 saturated heterocycles. The molecule has 10 nitrogen and oxygen atoms in total. The van der Waals surface area contributed by atoms with Gasteiger partial charge in [-0.2, -0.15) is 0 Å². The molecule has 3 heterocycles. The van der Waals surface area contributed by atoms with Crippen LogP contribution >= 0.6 is 0 Å². The molecule has 2 aliphatic heterocycles. The summed E-state index contributed by atoms with van der Waals surface area (Å²) in [5.41, 5.74) is -0.971. The second-order valence-corrected chi connectivity index (χ2v) is 15.0. The van der Waals surface area contributed by atoms with Gasteiger partial charge >= 0.3 is 5.97 Å². The number of cyclic esters (lactones) is 1. The number of fused-ring (bicyclic) bond motifs is 5. The molecule has 45 heavy (non-hydrogen) atoms. The van der Waals surface area contributed by atoms with Crippen LogP contribution in [0, 0.1) is 28.6 Å². The molecule has 0 unspecified atom stereocenters. The minimum atomic E-state index is -1.09. The maximum absolute atomic E-state index is 12.7.